The third-order valence-corrected chi connectivity index (χ3v) is 4.98. The number of carboxylic acid groups (broad SMARTS) is 1. The van der Waals surface area contributed by atoms with Crippen LogP contribution in [0.4, 0.5) is 4.79 Å². The van der Waals surface area contributed by atoms with Crippen molar-refractivity contribution < 1.29 is 24.2 Å². The molecule has 0 bridgehead atoms. The Balaban J connectivity index is 1.59. The number of nitrogens with zero attached hydrogens (tertiary/aromatic N) is 1. The van der Waals surface area contributed by atoms with Crippen LogP contribution in [0.3, 0.4) is 0 Å². The summed E-state index contributed by atoms with van der Waals surface area (Å²) in [5, 5.41) is 11.3. The average Bonchev–Trinajstić information content (AvgIpc) is 3.02. The lowest BCUT2D eigenvalue weighted by atomic mass is 9.98. The van der Waals surface area contributed by atoms with Gasteiger partial charge in [0, 0.05) is 12.0 Å². The monoisotopic (exact) mass is 396 g/mol. The number of hydrogen-bond acceptors (Lipinski definition) is 4. The van der Waals surface area contributed by atoms with Crippen molar-refractivity contribution in [2.24, 2.45) is 0 Å². The van der Waals surface area contributed by atoms with Gasteiger partial charge in [0.2, 0.25) is 5.91 Å². The molecule has 3 rings (SSSR count). The number of carbonyl (C=O) groups is 3. The number of aliphatic carboxylic acids is 1. The molecule has 2 aromatic rings. The molecule has 2 aromatic carbocycles. The van der Waals surface area contributed by atoms with Crippen LogP contribution in [0.5, 0.6) is 0 Å². The second-order valence-electron chi connectivity index (χ2n) is 7.19. The topological polar surface area (TPSA) is 95.9 Å². The van der Waals surface area contributed by atoms with Gasteiger partial charge in [0.15, 0.2) is 0 Å². The van der Waals surface area contributed by atoms with E-state index in [2.05, 4.69) is 17.4 Å². The van der Waals surface area contributed by atoms with E-state index < -0.39 is 24.5 Å². The first-order valence-electron chi connectivity index (χ1n) is 9.48. The van der Waals surface area contributed by atoms with Crippen molar-refractivity contribution in [2.45, 2.75) is 25.8 Å². The summed E-state index contributed by atoms with van der Waals surface area (Å²) in [6.07, 6.45) is -0.709. The van der Waals surface area contributed by atoms with Gasteiger partial charge in [0.1, 0.15) is 19.7 Å². The van der Waals surface area contributed by atoms with E-state index in [1.807, 2.05) is 36.4 Å². The van der Waals surface area contributed by atoms with Gasteiger partial charge >= 0.3 is 12.1 Å². The lowest BCUT2D eigenvalue weighted by Gasteiger charge is -2.25. The van der Waals surface area contributed by atoms with Crippen LogP contribution in [0.2, 0.25) is 0 Å². The quantitative estimate of drug-likeness (QED) is 0.750. The first-order valence-corrected chi connectivity index (χ1v) is 9.48. The number of hydrogen-bond donors (Lipinski definition) is 2. The molecule has 152 valence electrons. The van der Waals surface area contributed by atoms with E-state index in [0.717, 1.165) is 22.3 Å². The molecular formula is C22H24N2O5. The van der Waals surface area contributed by atoms with Crippen molar-refractivity contribution in [3.8, 4) is 11.1 Å². The Morgan fingerprint density at radius 1 is 1.03 bits per heavy atom. The van der Waals surface area contributed by atoms with Crippen LogP contribution in [-0.4, -0.2) is 53.7 Å². The van der Waals surface area contributed by atoms with E-state index in [-0.39, 0.29) is 25.1 Å². The molecule has 0 unspecified atom stereocenters. The van der Waals surface area contributed by atoms with Crippen molar-refractivity contribution in [1.29, 1.82) is 0 Å². The fourth-order valence-electron chi connectivity index (χ4n) is 3.60. The van der Waals surface area contributed by atoms with E-state index in [4.69, 9.17) is 9.84 Å². The number of carbonyl (C=O) groups excluding carboxylic acids is 2. The van der Waals surface area contributed by atoms with E-state index in [1.54, 1.807) is 13.8 Å². The molecule has 0 atom stereocenters. The smallest absolute Gasteiger partial charge is 0.407 e. The Labute approximate surface area is 169 Å². The van der Waals surface area contributed by atoms with Crippen LogP contribution in [0, 0.1) is 0 Å². The molecule has 0 heterocycles. The number of rotatable bonds is 7. The zero-order valence-corrected chi connectivity index (χ0v) is 16.4. The summed E-state index contributed by atoms with van der Waals surface area (Å²) in [4.78, 5) is 36.4. The predicted octanol–water partition coefficient (Wildman–Crippen LogP) is 2.85. The van der Waals surface area contributed by atoms with E-state index >= 15 is 0 Å². The van der Waals surface area contributed by atoms with Gasteiger partial charge in [-0.05, 0) is 36.1 Å². The summed E-state index contributed by atoms with van der Waals surface area (Å²) in [5.41, 5.74) is 4.47. The molecule has 0 aliphatic heterocycles. The molecule has 2 N–H and O–H groups in total. The van der Waals surface area contributed by atoms with E-state index in [1.165, 1.54) is 4.90 Å². The minimum absolute atomic E-state index is 0.0666. The largest absolute Gasteiger partial charge is 0.480 e. The predicted molar refractivity (Wildman–Crippen MR) is 108 cm³/mol. The Bertz CT molecular complexity index is 879. The molecule has 0 radical (unpaired) electrons. The standard InChI is InChI=1S/C22H24N2O5/c1-14(2)24(12-21(26)27)20(25)11-23-22(28)29-13-19-17-9-5-3-7-15(17)16-8-4-6-10-18(16)19/h3-10,14,19H,11-13H2,1-2H3,(H,23,28)(H,26,27). The number of nitrogens with one attached hydrogen (secondary N) is 1. The number of amides is 2. The molecule has 0 fully saturated rings. The van der Waals surface area contributed by atoms with Crippen molar-refractivity contribution in [2.75, 3.05) is 19.7 Å². The van der Waals surface area contributed by atoms with Crippen LogP contribution in [0.15, 0.2) is 48.5 Å². The fraction of sp³-hybridized carbons (Fsp3) is 0.318. The number of carboxylic acids is 1. The van der Waals surface area contributed by atoms with Crippen LogP contribution < -0.4 is 5.32 Å². The molecule has 7 nitrogen and oxygen atoms in total. The fourth-order valence-corrected chi connectivity index (χ4v) is 3.60. The molecule has 0 saturated carbocycles. The van der Waals surface area contributed by atoms with Crippen LogP contribution in [0.25, 0.3) is 11.1 Å². The van der Waals surface area contributed by atoms with Crippen molar-refractivity contribution in [1.82, 2.24) is 10.2 Å². The maximum Gasteiger partial charge on any atom is 0.407 e. The lowest BCUT2D eigenvalue weighted by Crippen LogP contribution is -2.46. The second-order valence-corrected chi connectivity index (χ2v) is 7.19. The maximum atomic E-state index is 12.2. The third-order valence-electron chi connectivity index (χ3n) is 4.98. The van der Waals surface area contributed by atoms with Crippen LogP contribution in [0.1, 0.15) is 30.9 Å². The molecule has 0 saturated heterocycles. The average molecular weight is 396 g/mol. The van der Waals surface area contributed by atoms with Gasteiger partial charge in [0.25, 0.3) is 0 Å². The number of alkyl carbamates (subject to hydrolysis) is 1. The Kier molecular flexibility index (Phi) is 6.16. The highest BCUT2D eigenvalue weighted by Gasteiger charge is 2.29. The summed E-state index contributed by atoms with van der Waals surface area (Å²) in [7, 11) is 0. The molecule has 1 aliphatic carbocycles. The van der Waals surface area contributed by atoms with Gasteiger partial charge in [-0.1, -0.05) is 48.5 Å². The molecule has 0 aromatic heterocycles. The highest BCUT2D eigenvalue weighted by molar-refractivity contribution is 5.85. The van der Waals surface area contributed by atoms with Gasteiger partial charge in [-0.3, -0.25) is 9.59 Å². The van der Waals surface area contributed by atoms with Crippen molar-refractivity contribution in [3.05, 3.63) is 59.7 Å². The molecular weight excluding hydrogens is 372 g/mol. The minimum atomic E-state index is -1.10. The zero-order chi connectivity index (χ0) is 21.0. The number of benzene rings is 2. The van der Waals surface area contributed by atoms with Crippen molar-refractivity contribution >= 4 is 18.0 Å². The van der Waals surface area contributed by atoms with Gasteiger partial charge in [0.05, 0.1) is 0 Å². The van der Waals surface area contributed by atoms with Gasteiger partial charge in [-0.2, -0.15) is 0 Å². The second kappa shape index (κ2) is 8.77. The Morgan fingerprint density at radius 3 is 2.10 bits per heavy atom. The van der Waals surface area contributed by atoms with Crippen LogP contribution in [-0.2, 0) is 14.3 Å². The van der Waals surface area contributed by atoms with Gasteiger partial charge < -0.3 is 20.1 Å². The first-order chi connectivity index (χ1) is 13.9. The SMILES string of the molecule is CC(C)N(CC(=O)O)C(=O)CNC(=O)OCC1c2ccccc2-c2ccccc21. The van der Waals surface area contributed by atoms with Gasteiger partial charge in [-0.25, -0.2) is 4.79 Å². The summed E-state index contributed by atoms with van der Waals surface area (Å²) in [5.74, 6) is -1.65. The molecule has 0 spiro atoms. The third kappa shape index (κ3) is 4.56. The van der Waals surface area contributed by atoms with E-state index in [9.17, 15) is 14.4 Å². The maximum absolute atomic E-state index is 12.2. The normalized spacial score (nSPS) is 12.2. The first kappa shape index (κ1) is 20.4. The summed E-state index contributed by atoms with van der Waals surface area (Å²) >= 11 is 0. The highest BCUT2D eigenvalue weighted by Crippen LogP contribution is 2.44. The zero-order valence-electron chi connectivity index (χ0n) is 16.4. The van der Waals surface area contributed by atoms with Crippen LogP contribution >= 0.6 is 0 Å². The summed E-state index contributed by atoms with van der Waals surface area (Å²) in [6.45, 7) is 2.85. The lowest BCUT2D eigenvalue weighted by molar-refractivity contribution is -0.145. The molecule has 7 heteroatoms. The minimum Gasteiger partial charge on any atom is -0.480 e. The molecule has 1 aliphatic rings. The van der Waals surface area contributed by atoms with Gasteiger partial charge in [-0.15, -0.1) is 0 Å². The molecule has 29 heavy (non-hydrogen) atoms. The summed E-state index contributed by atoms with van der Waals surface area (Å²) in [6, 6.07) is 15.7. The van der Waals surface area contributed by atoms with Crippen molar-refractivity contribution in [3.63, 3.8) is 0 Å². The molecule has 2 amide bonds. The summed E-state index contributed by atoms with van der Waals surface area (Å²) < 4.78 is 5.37. The Hall–Kier alpha value is -3.35. The van der Waals surface area contributed by atoms with E-state index in [0.29, 0.717) is 0 Å². The Morgan fingerprint density at radius 2 is 1.59 bits per heavy atom. The highest BCUT2D eigenvalue weighted by atomic mass is 16.5. The number of fused-ring (bicyclic) bond motifs is 3. The number of ether oxygens (including phenoxy) is 1.